The van der Waals surface area contributed by atoms with E-state index in [0.717, 1.165) is 0 Å². The molecule has 0 radical (unpaired) electrons. The van der Waals surface area contributed by atoms with Gasteiger partial charge in [0.15, 0.2) is 0 Å². The first-order valence-electron chi connectivity index (χ1n) is 2.35. The van der Waals surface area contributed by atoms with Gasteiger partial charge in [-0.2, -0.15) is 4.91 Å². The van der Waals surface area contributed by atoms with Crippen molar-refractivity contribution in [2.75, 3.05) is 13.2 Å². The molecular formula is C3H9N5. The van der Waals surface area contributed by atoms with E-state index in [4.69, 9.17) is 11.3 Å². The van der Waals surface area contributed by atoms with Gasteiger partial charge in [-0.1, -0.05) is 0 Å². The lowest BCUT2D eigenvalue weighted by molar-refractivity contribution is 0.308. The van der Waals surface area contributed by atoms with Gasteiger partial charge in [-0.15, -0.1) is 5.53 Å². The maximum absolute atomic E-state index is 7.86. The second-order valence-corrected chi connectivity index (χ2v) is 1.18. The monoisotopic (exact) mass is 115 g/mol. The molecule has 8 heavy (non-hydrogen) atoms. The van der Waals surface area contributed by atoms with Gasteiger partial charge >= 0.3 is 0 Å². The summed E-state index contributed by atoms with van der Waals surface area (Å²) in [6.45, 7) is 2.79. The van der Waals surface area contributed by atoms with Crippen LogP contribution in [0.5, 0.6) is 0 Å². The minimum absolute atomic E-state index is 0.278. The maximum atomic E-state index is 7.86. The first kappa shape index (κ1) is 7.07. The highest BCUT2D eigenvalue weighted by atomic mass is 15.5. The molecule has 2 N–H and O–H groups in total. The fourth-order valence-corrected chi connectivity index (χ4v) is 0.285. The predicted octanol–water partition coefficient (Wildman–Crippen LogP) is 0.450. The summed E-state index contributed by atoms with van der Waals surface area (Å²) >= 11 is 0. The van der Waals surface area contributed by atoms with E-state index in [0.29, 0.717) is 6.54 Å². The number of hydrogen-bond acceptors (Lipinski definition) is 2. The van der Waals surface area contributed by atoms with Crippen LogP contribution < -0.4 is 5.73 Å². The molecule has 0 bridgehead atoms. The Morgan fingerprint density at radius 3 is 2.62 bits per heavy atom. The molecule has 5 heteroatoms. The average Bonchev–Trinajstić information content (AvgIpc) is 1.83. The Morgan fingerprint density at radius 2 is 2.50 bits per heavy atom. The summed E-state index contributed by atoms with van der Waals surface area (Å²) in [6, 6.07) is 0. The van der Waals surface area contributed by atoms with E-state index in [9.17, 15) is 0 Å². The van der Waals surface area contributed by atoms with Crippen LogP contribution in [0.15, 0.2) is 5.22 Å². The van der Waals surface area contributed by atoms with Crippen LogP contribution in [-0.2, 0) is 0 Å². The molecule has 0 heterocycles. The van der Waals surface area contributed by atoms with Crippen molar-refractivity contribution in [3.05, 3.63) is 10.4 Å². The van der Waals surface area contributed by atoms with Gasteiger partial charge in [-0.25, -0.2) is 5.01 Å². The highest BCUT2D eigenvalue weighted by molar-refractivity contribution is 4.42. The molecule has 0 atom stereocenters. The largest absolute Gasteiger partial charge is 0.295 e. The number of nitrogens with two attached hydrogens (primary N) is 1. The van der Waals surface area contributed by atoms with Gasteiger partial charge in [0.1, 0.15) is 6.67 Å². The molecule has 0 fully saturated rings. The maximum Gasteiger partial charge on any atom is 0.138 e. The third-order valence-corrected chi connectivity index (χ3v) is 0.742. The molecule has 0 saturated carbocycles. The summed E-state index contributed by atoms with van der Waals surface area (Å²) in [4.78, 5) is 2.55. The van der Waals surface area contributed by atoms with Crippen LogP contribution in [0, 0.1) is 0 Å². The van der Waals surface area contributed by atoms with Gasteiger partial charge in [0.2, 0.25) is 0 Å². The second kappa shape index (κ2) is 4.23. The minimum atomic E-state index is 0.278. The van der Waals surface area contributed by atoms with E-state index in [1.165, 1.54) is 5.01 Å². The van der Waals surface area contributed by atoms with E-state index in [1.807, 2.05) is 6.92 Å². The molecule has 5 nitrogen and oxygen atoms in total. The van der Waals surface area contributed by atoms with Gasteiger partial charge in [0.25, 0.3) is 0 Å². The van der Waals surface area contributed by atoms with Crippen molar-refractivity contribution in [1.82, 2.24) is 5.01 Å². The van der Waals surface area contributed by atoms with Crippen LogP contribution in [-0.4, -0.2) is 18.2 Å². The Labute approximate surface area is 47.7 Å². The van der Waals surface area contributed by atoms with Crippen LogP contribution in [0.4, 0.5) is 0 Å². The first-order valence-corrected chi connectivity index (χ1v) is 2.35. The third kappa shape index (κ3) is 2.28. The van der Waals surface area contributed by atoms with Crippen molar-refractivity contribution in [3.63, 3.8) is 0 Å². The fraction of sp³-hybridized carbons (Fsp3) is 1.00. The molecule has 0 aliphatic rings. The quantitative estimate of drug-likeness (QED) is 0.190. The lowest BCUT2D eigenvalue weighted by Crippen LogP contribution is -2.23. The van der Waals surface area contributed by atoms with Gasteiger partial charge < -0.3 is 0 Å². The summed E-state index contributed by atoms with van der Waals surface area (Å²) < 4.78 is 0. The van der Waals surface area contributed by atoms with Crippen molar-refractivity contribution in [2.45, 2.75) is 6.92 Å². The molecule has 46 valence electrons. The van der Waals surface area contributed by atoms with E-state index in [-0.39, 0.29) is 6.67 Å². The Morgan fingerprint density at radius 1 is 1.88 bits per heavy atom. The van der Waals surface area contributed by atoms with Crippen molar-refractivity contribution >= 4 is 0 Å². The van der Waals surface area contributed by atoms with Crippen molar-refractivity contribution < 1.29 is 0 Å². The Bertz CT molecular complexity index is 89.8. The van der Waals surface area contributed by atoms with Crippen LogP contribution >= 0.6 is 0 Å². The molecule has 0 aliphatic heterocycles. The molecule has 0 unspecified atom stereocenters. The van der Waals surface area contributed by atoms with Gasteiger partial charge in [-0.05, 0) is 12.1 Å². The van der Waals surface area contributed by atoms with Crippen molar-refractivity contribution in [3.8, 4) is 0 Å². The minimum Gasteiger partial charge on any atom is -0.295 e. The predicted molar refractivity (Wildman–Crippen MR) is 30.6 cm³/mol. The zero-order chi connectivity index (χ0) is 6.41. The van der Waals surface area contributed by atoms with E-state index in [2.05, 4.69) is 10.1 Å². The van der Waals surface area contributed by atoms with Gasteiger partial charge in [0.05, 0.1) is 6.54 Å². The SMILES string of the molecule is CCN(CN)N=[N+]=[N-]. The number of hydrogen-bond donors (Lipinski definition) is 1. The summed E-state index contributed by atoms with van der Waals surface area (Å²) in [6.07, 6.45) is 0. The van der Waals surface area contributed by atoms with E-state index < -0.39 is 0 Å². The molecule has 0 aromatic rings. The average molecular weight is 115 g/mol. The summed E-state index contributed by atoms with van der Waals surface area (Å²) in [5, 5.41) is 4.67. The zero-order valence-corrected chi connectivity index (χ0v) is 4.78. The summed E-state index contributed by atoms with van der Waals surface area (Å²) in [5.41, 5.74) is 13.0. The molecule has 0 saturated heterocycles. The lowest BCUT2D eigenvalue weighted by atomic mass is 10.7. The van der Waals surface area contributed by atoms with Gasteiger partial charge in [-0.3, -0.25) is 5.73 Å². The molecule has 0 aromatic carbocycles. The molecule has 0 amide bonds. The van der Waals surface area contributed by atoms with E-state index >= 15 is 0 Å². The van der Waals surface area contributed by atoms with Crippen LogP contribution in [0.3, 0.4) is 0 Å². The van der Waals surface area contributed by atoms with Gasteiger partial charge in [0, 0.05) is 0 Å². The van der Waals surface area contributed by atoms with E-state index in [1.54, 1.807) is 0 Å². The smallest absolute Gasteiger partial charge is 0.138 e. The zero-order valence-electron chi connectivity index (χ0n) is 4.78. The fourth-order valence-electron chi connectivity index (χ4n) is 0.285. The highest BCUT2D eigenvalue weighted by Crippen LogP contribution is 1.82. The Balaban J connectivity index is 3.52. The third-order valence-electron chi connectivity index (χ3n) is 0.742. The van der Waals surface area contributed by atoms with Crippen LogP contribution in [0.2, 0.25) is 0 Å². The van der Waals surface area contributed by atoms with Crippen LogP contribution in [0.1, 0.15) is 6.92 Å². The normalized spacial score (nSPS) is 7.75. The molecule has 0 aliphatic carbocycles. The van der Waals surface area contributed by atoms with Crippen molar-refractivity contribution in [2.24, 2.45) is 11.0 Å². The molecule has 0 rings (SSSR count). The highest BCUT2D eigenvalue weighted by Gasteiger charge is 1.91. The number of azide groups is 1. The summed E-state index contributed by atoms with van der Waals surface area (Å²) in [7, 11) is 0. The molecule has 0 aromatic heterocycles. The lowest BCUT2D eigenvalue weighted by Gasteiger charge is -2.05. The number of rotatable bonds is 3. The number of nitrogens with zero attached hydrogens (tertiary/aromatic N) is 4. The standard InChI is InChI=1S/C3H9N5/c1-2-8(3-4)7-6-5/h2-4H2,1H3. The first-order chi connectivity index (χ1) is 3.85. The molecule has 0 spiro atoms. The topological polar surface area (TPSA) is 78.0 Å². The van der Waals surface area contributed by atoms with Crippen LogP contribution in [0.25, 0.3) is 10.4 Å². The Kier molecular flexibility index (Phi) is 3.74. The van der Waals surface area contributed by atoms with Crippen molar-refractivity contribution in [1.29, 1.82) is 0 Å². The Hall–Kier alpha value is -0.930. The second-order valence-electron chi connectivity index (χ2n) is 1.18. The molecular weight excluding hydrogens is 106 g/mol. The summed E-state index contributed by atoms with van der Waals surface area (Å²) in [5.74, 6) is 0.